The Morgan fingerprint density at radius 3 is 1.25 bits per heavy atom. The molecule has 0 aromatic carbocycles. The summed E-state index contributed by atoms with van der Waals surface area (Å²) in [6.07, 6.45) is -0.806. The van der Waals surface area contributed by atoms with Crippen molar-refractivity contribution in [3.63, 3.8) is 0 Å². The third-order valence-electron chi connectivity index (χ3n) is 2.35. The summed E-state index contributed by atoms with van der Waals surface area (Å²) in [7, 11) is -14.0. The van der Waals surface area contributed by atoms with Crippen molar-refractivity contribution in [1.29, 1.82) is 0 Å². The fourth-order valence-electron chi connectivity index (χ4n) is 0.880. The van der Waals surface area contributed by atoms with Gasteiger partial charge in [-0.3, -0.25) is 22.7 Å². The minimum absolute atomic E-state index is 0.806. The van der Waals surface area contributed by atoms with Crippen LogP contribution in [0.15, 0.2) is 0 Å². The first-order valence-corrected chi connectivity index (χ1v) is 10.2. The van der Waals surface area contributed by atoms with E-state index < -0.39 is 39.8 Å². The van der Waals surface area contributed by atoms with Gasteiger partial charge in [-0.15, -0.1) is 0 Å². The zero-order chi connectivity index (χ0) is 16.6. The lowest BCUT2D eigenvalue weighted by Crippen LogP contribution is -2.30. The van der Waals surface area contributed by atoms with Crippen LogP contribution in [0.4, 0.5) is 0 Å². The van der Waals surface area contributed by atoms with E-state index in [1.54, 1.807) is 0 Å². The van der Waals surface area contributed by atoms with Crippen molar-refractivity contribution in [2.24, 2.45) is 5.73 Å². The summed E-state index contributed by atoms with van der Waals surface area (Å²) >= 11 is 0. The Bertz CT molecular complexity index is 450. The van der Waals surface area contributed by atoms with Crippen molar-refractivity contribution in [2.45, 2.75) is 38.4 Å². The van der Waals surface area contributed by atoms with Gasteiger partial charge in [0, 0.05) is 0 Å². The van der Waals surface area contributed by atoms with Crippen molar-refractivity contribution >= 4 is 22.8 Å². The fourth-order valence-corrected chi connectivity index (χ4v) is 4.03. The molecule has 0 aliphatic rings. The Morgan fingerprint density at radius 1 is 0.850 bits per heavy atom. The lowest BCUT2D eigenvalue weighted by Gasteiger charge is -2.34. The summed E-state index contributed by atoms with van der Waals surface area (Å²) in [6.45, 7) is 3.85. The topological polar surface area (TPSA) is 177 Å². The molecule has 0 saturated heterocycles. The van der Waals surface area contributed by atoms with Crippen molar-refractivity contribution in [2.75, 3.05) is 6.29 Å². The maximum atomic E-state index is 12.3. The van der Waals surface area contributed by atoms with Gasteiger partial charge in [-0.1, -0.05) is 0 Å². The molecule has 20 heavy (non-hydrogen) atoms. The van der Waals surface area contributed by atoms with Crippen molar-refractivity contribution in [3.05, 3.63) is 0 Å². The molecule has 0 atom stereocenters. The number of hydrogen-bond donors (Lipinski definition) is 5. The van der Waals surface area contributed by atoms with Crippen LogP contribution in [0.3, 0.4) is 0 Å². The van der Waals surface area contributed by atoms with Crippen LogP contribution in [0.1, 0.15) is 27.7 Å². The maximum absolute atomic E-state index is 12.3. The minimum atomic E-state index is -4.81. The second-order valence-electron chi connectivity index (χ2n) is 4.96. The molecule has 13 heteroatoms. The lowest BCUT2D eigenvalue weighted by atomic mass is 10.5. The van der Waals surface area contributed by atoms with E-state index in [-0.39, 0.29) is 0 Å². The molecule has 0 radical (unpaired) electrons. The third-order valence-corrected chi connectivity index (χ3v) is 7.54. The highest BCUT2D eigenvalue weighted by Gasteiger charge is 2.50. The Morgan fingerprint density at radius 2 is 1.10 bits per heavy atom. The third kappa shape index (κ3) is 5.00. The average Bonchev–Trinajstić information content (AvgIpc) is 2.11. The van der Waals surface area contributed by atoms with E-state index in [2.05, 4.69) is 0 Å². The summed E-state index contributed by atoms with van der Waals surface area (Å²) in [5, 5.41) is -4.38. The molecule has 10 nitrogen and oxygen atoms in total. The van der Waals surface area contributed by atoms with Gasteiger partial charge in [-0.2, -0.15) is 0 Å². The van der Waals surface area contributed by atoms with Crippen LogP contribution in [-0.2, 0) is 22.7 Å². The molecule has 122 valence electrons. The maximum Gasteiger partial charge on any atom is 0.357 e. The Labute approximate surface area is 116 Å². The highest BCUT2D eigenvalue weighted by atomic mass is 31.2. The molecule has 0 bridgehead atoms. The van der Waals surface area contributed by atoms with Crippen LogP contribution in [0.2, 0.25) is 0 Å². The van der Waals surface area contributed by atoms with Gasteiger partial charge >= 0.3 is 22.8 Å². The highest BCUT2D eigenvalue weighted by Crippen LogP contribution is 2.65. The molecule has 0 amide bonds. The summed E-state index contributed by atoms with van der Waals surface area (Å²) in [5.41, 5.74) is 5.19. The molecular weight excluding hydrogens is 335 g/mol. The van der Waals surface area contributed by atoms with Gasteiger partial charge in [-0.05, 0) is 27.7 Å². The minimum Gasteiger partial charge on any atom is -0.322 e. The van der Waals surface area contributed by atoms with Crippen LogP contribution in [-0.4, -0.2) is 36.5 Å². The zero-order valence-corrected chi connectivity index (χ0v) is 14.1. The first kappa shape index (κ1) is 20.4. The summed E-state index contributed by atoms with van der Waals surface area (Å²) in [5.74, 6) is 0. The average molecular weight is 355 g/mol. The summed E-state index contributed by atoms with van der Waals surface area (Å²) in [4.78, 5) is 36.3. The molecule has 0 aromatic heterocycles. The molecule has 0 fully saturated rings. The molecular formula is C7H20NO9P3. The molecule has 0 saturated carbocycles. The fraction of sp³-hybridized carbons (Fsp3) is 1.00. The molecule has 0 unspecified atom stereocenters. The second-order valence-corrected chi connectivity index (χ2v) is 11.2. The van der Waals surface area contributed by atoms with E-state index in [1.807, 2.05) is 0 Å². The van der Waals surface area contributed by atoms with Gasteiger partial charge in [0.05, 0.1) is 6.29 Å². The first-order chi connectivity index (χ1) is 8.47. The van der Waals surface area contributed by atoms with Gasteiger partial charge < -0.3 is 25.3 Å². The van der Waals surface area contributed by atoms with E-state index in [9.17, 15) is 13.7 Å². The van der Waals surface area contributed by atoms with Crippen molar-refractivity contribution in [3.8, 4) is 0 Å². The quantitative estimate of drug-likeness (QED) is 0.413. The molecule has 0 aromatic rings. The van der Waals surface area contributed by atoms with Gasteiger partial charge in [0.25, 0.3) is 0 Å². The van der Waals surface area contributed by atoms with Gasteiger partial charge in [0.1, 0.15) is 0 Å². The van der Waals surface area contributed by atoms with E-state index in [0.717, 1.165) is 27.7 Å². The Balaban J connectivity index is 5.42. The molecule has 0 aliphatic heterocycles. The van der Waals surface area contributed by atoms with Crippen LogP contribution >= 0.6 is 22.8 Å². The SMILES string of the molecule is CC(C)(OP(=O)(CN)OC(C)(C)P(=O)(O)O)P(=O)(O)O. The number of nitrogens with two attached hydrogens (primary N) is 1. The van der Waals surface area contributed by atoms with E-state index in [1.165, 1.54) is 0 Å². The second kappa shape index (κ2) is 5.89. The van der Waals surface area contributed by atoms with Crippen molar-refractivity contribution < 1.29 is 42.3 Å². The molecule has 0 spiro atoms. The van der Waals surface area contributed by atoms with Gasteiger partial charge in [-0.25, -0.2) is 0 Å². The summed E-state index contributed by atoms with van der Waals surface area (Å²) in [6, 6.07) is 0. The molecule has 0 aliphatic carbocycles. The first-order valence-electron chi connectivity index (χ1n) is 5.29. The monoisotopic (exact) mass is 355 g/mol. The van der Waals surface area contributed by atoms with E-state index in [0.29, 0.717) is 0 Å². The van der Waals surface area contributed by atoms with Crippen molar-refractivity contribution in [1.82, 2.24) is 0 Å². The van der Waals surface area contributed by atoms with Crippen LogP contribution in [0, 0.1) is 0 Å². The largest absolute Gasteiger partial charge is 0.357 e. The molecule has 6 N–H and O–H groups in total. The predicted molar refractivity (Wildman–Crippen MR) is 71.1 cm³/mol. The predicted octanol–water partition coefficient (Wildman–Crippen LogP) is 0.956. The highest BCUT2D eigenvalue weighted by molar-refractivity contribution is 7.58. The molecule has 0 heterocycles. The summed E-state index contributed by atoms with van der Waals surface area (Å²) < 4.78 is 44.2. The zero-order valence-electron chi connectivity index (χ0n) is 11.5. The lowest BCUT2D eigenvalue weighted by molar-refractivity contribution is 0.0758. The smallest absolute Gasteiger partial charge is 0.322 e. The standard InChI is InChI=1S/C7H20NO9P3/c1-6(2,19(10,11)12)16-18(9,5-8)17-7(3,4)20(13,14)15/h5,8H2,1-4H3,(H2,10,11,12)(H2,13,14,15). The van der Waals surface area contributed by atoms with Gasteiger partial charge in [0.15, 0.2) is 10.7 Å². The van der Waals surface area contributed by atoms with E-state index in [4.69, 9.17) is 34.4 Å². The van der Waals surface area contributed by atoms with Crippen LogP contribution < -0.4 is 5.73 Å². The Kier molecular flexibility index (Phi) is 6.01. The van der Waals surface area contributed by atoms with E-state index >= 15 is 0 Å². The number of rotatable bonds is 7. The molecule has 0 rings (SSSR count). The van der Waals surface area contributed by atoms with Crippen LogP contribution in [0.5, 0.6) is 0 Å². The Hall–Kier alpha value is 0.410. The number of hydrogen-bond acceptors (Lipinski definition) is 6. The van der Waals surface area contributed by atoms with Crippen LogP contribution in [0.25, 0.3) is 0 Å². The normalized spacial score (nSPS) is 15.4. The van der Waals surface area contributed by atoms with Gasteiger partial charge in [0.2, 0.25) is 0 Å².